The lowest BCUT2D eigenvalue weighted by atomic mass is 9.87. The first-order chi connectivity index (χ1) is 17.5. The van der Waals surface area contributed by atoms with Crippen molar-refractivity contribution < 1.29 is 17.9 Å². The first-order valence-electron chi connectivity index (χ1n) is 12.7. The van der Waals surface area contributed by atoms with Crippen molar-refractivity contribution in [2.24, 2.45) is 0 Å². The van der Waals surface area contributed by atoms with E-state index in [9.17, 15) is 13.2 Å². The fourth-order valence-corrected chi connectivity index (χ4v) is 5.48. The number of nitrogens with one attached hydrogen (secondary N) is 1. The minimum absolute atomic E-state index is 0.0986. The Balaban J connectivity index is 1.90. The van der Waals surface area contributed by atoms with Crippen LogP contribution in [0.2, 0.25) is 0 Å². The molecular weight excluding hydrogens is 500 g/mol. The number of hydrogen-bond donors (Lipinski definition) is 1. The van der Waals surface area contributed by atoms with E-state index in [1.54, 1.807) is 37.8 Å². The predicted molar refractivity (Wildman–Crippen MR) is 152 cm³/mol. The smallest absolute Gasteiger partial charge is 0.243 e. The van der Waals surface area contributed by atoms with E-state index in [0.717, 1.165) is 16.9 Å². The number of rotatable bonds is 8. The van der Waals surface area contributed by atoms with Crippen LogP contribution in [0.25, 0.3) is 5.69 Å². The molecular formula is C29H40N4O4S. The summed E-state index contributed by atoms with van der Waals surface area (Å²) < 4.78 is 35.2. The lowest BCUT2D eigenvalue weighted by molar-refractivity contribution is -0.116. The number of aromatic nitrogens is 2. The molecule has 38 heavy (non-hydrogen) atoms. The zero-order chi connectivity index (χ0) is 28.5. The molecule has 1 aromatic heterocycles. The van der Waals surface area contributed by atoms with Crippen molar-refractivity contribution in [2.75, 3.05) is 19.0 Å². The molecule has 0 bridgehead atoms. The van der Waals surface area contributed by atoms with Crippen LogP contribution < -0.4 is 10.1 Å². The molecule has 0 saturated carbocycles. The van der Waals surface area contributed by atoms with E-state index in [0.29, 0.717) is 11.6 Å². The standard InChI is InChI=1S/C29H40N4O4S/c1-20(2)32(38(35,36)24-16-10-21(11-17-24)28(3,4)5)19-27(34)30-26-18-25(29(6,7)8)31-33(26)22-12-14-23(37-9)15-13-22/h10-18,20H,19H2,1-9H3,(H,30,34). The second kappa shape index (κ2) is 10.9. The second-order valence-corrected chi connectivity index (χ2v) is 13.6. The minimum atomic E-state index is -3.90. The van der Waals surface area contributed by atoms with E-state index in [4.69, 9.17) is 9.84 Å². The topological polar surface area (TPSA) is 93.5 Å². The number of methoxy groups -OCH3 is 1. The Morgan fingerprint density at radius 1 is 0.974 bits per heavy atom. The van der Waals surface area contributed by atoms with Gasteiger partial charge in [-0.2, -0.15) is 9.40 Å². The van der Waals surface area contributed by atoms with Gasteiger partial charge in [0, 0.05) is 17.5 Å². The molecule has 1 N–H and O–H groups in total. The Bertz CT molecular complexity index is 1360. The molecule has 1 amide bonds. The van der Waals surface area contributed by atoms with Gasteiger partial charge in [-0.1, -0.05) is 53.7 Å². The molecule has 0 aliphatic heterocycles. The maximum atomic E-state index is 13.5. The normalized spacial score (nSPS) is 12.7. The quantitative estimate of drug-likeness (QED) is 0.406. The first-order valence-corrected chi connectivity index (χ1v) is 14.2. The van der Waals surface area contributed by atoms with Gasteiger partial charge >= 0.3 is 0 Å². The second-order valence-electron chi connectivity index (χ2n) is 11.7. The van der Waals surface area contributed by atoms with Gasteiger partial charge in [0.1, 0.15) is 11.6 Å². The van der Waals surface area contributed by atoms with E-state index >= 15 is 0 Å². The highest BCUT2D eigenvalue weighted by molar-refractivity contribution is 7.89. The number of nitrogens with zero attached hydrogens (tertiary/aromatic N) is 3. The number of benzene rings is 2. The maximum absolute atomic E-state index is 13.5. The van der Waals surface area contributed by atoms with Crippen molar-refractivity contribution in [2.45, 2.75) is 77.2 Å². The van der Waals surface area contributed by atoms with E-state index < -0.39 is 22.0 Å². The summed E-state index contributed by atoms with van der Waals surface area (Å²) in [5.41, 5.74) is 2.20. The summed E-state index contributed by atoms with van der Waals surface area (Å²) in [5.74, 6) is 0.709. The van der Waals surface area contributed by atoms with Crippen molar-refractivity contribution in [1.82, 2.24) is 14.1 Å². The summed E-state index contributed by atoms with van der Waals surface area (Å²) in [4.78, 5) is 13.4. The minimum Gasteiger partial charge on any atom is -0.497 e. The highest BCUT2D eigenvalue weighted by Crippen LogP contribution is 2.28. The third kappa shape index (κ3) is 6.63. The van der Waals surface area contributed by atoms with Crippen LogP contribution in [0.5, 0.6) is 5.75 Å². The van der Waals surface area contributed by atoms with E-state index in [2.05, 4.69) is 26.1 Å². The van der Waals surface area contributed by atoms with Crippen LogP contribution >= 0.6 is 0 Å². The van der Waals surface area contributed by atoms with Gasteiger partial charge in [-0.05, 0) is 61.2 Å². The maximum Gasteiger partial charge on any atom is 0.243 e. The van der Waals surface area contributed by atoms with Gasteiger partial charge in [0.05, 0.1) is 29.9 Å². The number of carbonyl (C=O) groups excluding carboxylic acids is 1. The molecule has 3 rings (SSSR count). The van der Waals surface area contributed by atoms with Gasteiger partial charge in [-0.15, -0.1) is 0 Å². The van der Waals surface area contributed by atoms with Crippen LogP contribution in [-0.4, -0.2) is 48.1 Å². The molecule has 3 aromatic rings. The van der Waals surface area contributed by atoms with Crippen LogP contribution in [0.15, 0.2) is 59.5 Å². The molecule has 0 saturated heterocycles. The highest BCUT2D eigenvalue weighted by atomic mass is 32.2. The lowest BCUT2D eigenvalue weighted by Gasteiger charge is -2.26. The molecule has 2 aromatic carbocycles. The molecule has 0 radical (unpaired) electrons. The molecule has 0 unspecified atom stereocenters. The summed E-state index contributed by atoms with van der Waals surface area (Å²) in [7, 11) is -2.30. The predicted octanol–water partition coefficient (Wildman–Crippen LogP) is 5.51. The molecule has 1 heterocycles. The van der Waals surface area contributed by atoms with Crippen molar-refractivity contribution in [1.29, 1.82) is 0 Å². The van der Waals surface area contributed by atoms with Gasteiger partial charge in [-0.25, -0.2) is 13.1 Å². The zero-order valence-electron chi connectivity index (χ0n) is 23.9. The number of carbonyl (C=O) groups is 1. The first kappa shape index (κ1) is 29.4. The van der Waals surface area contributed by atoms with Crippen molar-refractivity contribution in [3.05, 3.63) is 65.9 Å². The Kier molecular flexibility index (Phi) is 8.43. The van der Waals surface area contributed by atoms with Crippen molar-refractivity contribution in [3.8, 4) is 11.4 Å². The molecule has 0 fully saturated rings. The van der Waals surface area contributed by atoms with Crippen LogP contribution in [0.3, 0.4) is 0 Å². The average molecular weight is 541 g/mol. The Morgan fingerprint density at radius 3 is 2.03 bits per heavy atom. The van der Waals surface area contributed by atoms with Gasteiger partial charge in [0.15, 0.2) is 0 Å². The molecule has 0 aliphatic rings. The van der Waals surface area contributed by atoms with E-state index in [-0.39, 0.29) is 22.3 Å². The zero-order valence-corrected chi connectivity index (χ0v) is 24.7. The fourth-order valence-electron chi connectivity index (χ4n) is 3.89. The molecule has 206 valence electrons. The number of ether oxygens (including phenoxy) is 1. The van der Waals surface area contributed by atoms with Crippen LogP contribution in [0, 0.1) is 0 Å². The summed E-state index contributed by atoms with van der Waals surface area (Å²) in [6, 6.07) is 15.6. The molecule has 0 spiro atoms. The van der Waals surface area contributed by atoms with Gasteiger partial charge in [-0.3, -0.25) is 4.79 Å². The summed E-state index contributed by atoms with van der Waals surface area (Å²) in [6.07, 6.45) is 0. The Morgan fingerprint density at radius 2 is 1.55 bits per heavy atom. The van der Waals surface area contributed by atoms with Crippen LogP contribution in [0.1, 0.15) is 66.6 Å². The largest absolute Gasteiger partial charge is 0.497 e. The third-order valence-electron chi connectivity index (χ3n) is 6.26. The SMILES string of the molecule is COc1ccc(-n2nc(C(C)(C)C)cc2NC(=O)CN(C(C)C)S(=O)(=O)c2ccc(C(C)(C)C)cc2)cc1. The van der Waals surface area contributed by atoms with Gasteiger partial charge in [0.25, 0.3) is 0 Å². The third-order valence-corrected chi connectivity index (χ3v) is 8.30. The monoisotopic (exact) mass is 540 g/mol. The molecule has 8 nitrogen and oxygen atoms in total. The fraction of sp³-hybridized carbons (Fsp3) is 0.448. The van der Waals surface area contributed by atoms with E-state index in [1.807, 2.05) is 63.2 Å². The highest BCUT2D eigenvalue weighted by Gasteiger charge is 2.30. The number of sulfonamides is 1. The molecule has 0 atom stereocenters. The number of hydrogen-bond acceptors (Lipinski definition) is 5. The van der Waals surface area contributed by atoms with E-state index in [1.165, 1.54) is 4.31 Å². The van der Waals surface area contributed by atoms with Crippen molar-refractivity contribution in [3.63, 3.8) is 0 Å². The molecule has 0 aliphatic carbocycles. The van der Waals surface area contributed by atoms with Crippen LogP contribution in [0.4, 0.5) is 5.82 Å². The Labute approximate surface area is 227 Å². The lowest BCUT2D eigenvalue weighted by Crippen LogP contribution is -2.42. The Hall–Kier alpha value is -3.17. The summed E-state index contributed by atoms with van der Waals surface area (Å²) in [5, 5.41) is 7.62. The molecule has 9 heteroatoms. The average Bonchev–Trinajstić information content (AvgIpc) is 3.26. The summed E-state index contributed by atoms with van der Waals surface area (Å²) >= 11 is 0. The van der Waals surface area contributed by atoms with Gasteiger partial charge < -0.3 is 10.1 Å². The number of amides is 1. The number of anilines is 1. The van der Waals surface area contributed by atoms with Crippen LogP contribution in [-0.2, 0) is 25.6 Å². The van der Waals surface area contributed by atoms with Gasteiger partial charge in [0.2, 0.25) is 15.9 Å². The van der Waals surface area contributed by atoms with Crippen molar-refractivity contribution >= 4 is 21.7 Å². The summed E-state index contributed by atoms with van der Waals surface area (Å²) in [6.45, 7) is 15.5.